The van der Waals surface area contributed by atoms with Gasteiger partial charge in [-0.15, -0.1) is 0 Å². The third kappa shape index (κ3) is 7.40. The van der Waals surface area contributed by atoms with E-state index in [1.54, 1.807) is 44.5 Å². The van der Waals surface area contributed by atoms with Crippen molar-refractivity contribution in [3.63, 3.8) is 0 Å². The molecule has 2 aromatic rings. The van der Waals surface area contributed by atoms with Crippen LogP contribution in [0.3, 0.4) is 0 Å². The number of benzene rings is 2. The van der Waals surface area contributed by atoms with Gasteiger partial charge in [0.15, 0.2) is 0 Å². The van der Waals surface area contributed by atoms with E-state index in [1.807, 2.05) is 0 Å². The molecule has 0 saturated carbocycles. The van der Waals surface area contributed by atoms with E-state index < -0.39 is 0 Å². The molecule has 0 aromatic heterocycles. The van der Waals surface area contributed by atoms with Crippen LogP contribution in [0.25, 0.3) is 0 Å². The lowest BCUT2D eigenvalue weighted by molar-refractivity contribution is 0.633. The van der Waals surface area contributed by atoms with Gasteiger partial charge < -0.3 is 0 Å². The highest BCUT2D eigenvalue weighted by Crippen LogP contribution is 2.44. The molecule has 0 N–H and O–H groups in total. The van der Waals surface area contributed by atoms with Crippen molar-refractivity contribution in [2.24, 2.45) is 0 Å². The van der Waals surface area contributed by atoms with Crippen LogP contribution in [0.1, 0.15) is 221 Å². The molecule has 0 heteroatoms. The second kappa shape index (κ2) is 15.4. The Balaban J connectivity index is 2.95. The average molecular weight is 533 g/mol. The molecule has 39 heavy (non-hydrogen) atoms. The molecular formula is C39H64. The molecule has 0 bridgehead atoms. The molecule has 0 aliphatic carbocycles. The molecular weight excluding hydrogens is 468 g/mol. The van der Waals surface area contributed by atoms with Gasteiger partial charge in [-0.2, -0.15) is 0 Å². The first-order chi connectivity index (χ1) is 18.5. The van der Waals surface area contributed by atoms with E-state index >= 15 is 0 Å². The number of hydrogen-bond donors (Lipinski definition) is 0. The second-order valence-corrected chi connectivity index (χ2v) is 13.0. The van der Waals surface area contributed by atoms with E-state index in [9.17, 15) is 0 Å². The smallest absolute Gasteiger partial charge is 0.00871 e. The molecule has 6 unspecified atom stereocenters. The van der Waals surface area contributed by atoms with Gasteiger partial charge in [0.2, 0.25) is 0 Å². The standard InChI is InChI=1S/C39H64/c1-14-25(8)34-21-31(22-35(26(9)15-2)38(34)29(12)18-5)33(20-7)32-23-36(27(10)16-3)39(30(13)19-6)37(24-32)28(11)17-4/h21-30,33H,14-20H2,1-13H3. The lowest BCUT2D eigenvalue weighted by atomic mass is 9.74. The molecule has 0 spiro atoms. The Morgan fingerprint density at radius 2 is 0.590 bits per heavy atom. The molecule has 2 rings (SSSR count). The van der Waals surface area contributed by atoms with Gasteiger partial charge in [0.05, 0.1) is 0 Å². The van der Waals surface area contributed by atoms with Crippen LogP contribution in [0.2, 0.25) is 0 Å². The van der Waals surface area contributed by atoms with Gasteiger partial charge >= 0.3 is 0 Å². The van der Waals surface area contributed by atoms with Crippen LogP contribution in [0, 0.1) is 0 Å². The van der Waals surface area contributed by atoms with E-state index in [2.05, 4.69) is 114 Å². The summed E-state index contributed by atoms with van der Waals surface area (Å²) in [5.41, 5.74) is 12.9. The van der Waals surface area contributed by atoms with Crippen molar-refractivity contribution < 1.29 is 0 Å². The van der Waals surface area contributed by atoms with Gasteiger partial charge in [-0.1, -0.05) is 114 Å². The lowest BCUT2D eigenvalue weighted by Crippen LogP contribution is -2.14. The Morgan fingerprint density at radius 3 is 0.769 bits per heavy atom. The predicted octanol–water partition coefficient (Wildman–Crippen LogP) is 13.3. The summed E-state index contributed by atoms with van der Waals surface area (Å²) >= 11 is 0. The first-order valence-corrected chi connectivity index (χ1v) is 16.9. The summed E-state index contributed by atoms with van der Waals surface area (Å²) in [7, 11) is 0. The normalized spacial score (nSPS) is 17.4. The highest BCUT2D eigenvalue weighted by Gasteiger charge is 2.27. The first kappa shape index (κ1) is 33.6. The SMILES string of the molecule is CCC(C)c1cc(C(CC)c2cc(C(C)CC)c(C(C)CC)c(C(C)CC)c2)cc(C(C)CC)c1C(C)CC. The summed E-state index contributed by atoms with van der Waals surface area (Å²) < 4.78 is 0. The van der Waals surface area contributed by atoms with E-state index in [0.717, 1.165) is 6.42 Å². The minimum Gasteiger partial charge on any atom is -0.0648 e. The Morgan fingerprint density at radius 1 is 0.359 bits per heavy atom. The summed E-state index contributed by atoms with van der Waals surface area (Å²) in [5.74, 6) is 4.02. The number of hydrogen-bond acceptors (Lipinski definition) is 0. The van der Waals surface area contributed by atoms with Crippen molar-refractivity contribution in [3.05, 3.63) is 68.8 Å². The molecule has 0 heterocycles. The maximum absolute atomic E-state index is 2.64. The molecule has 0 saturated heterocycles. The second-order valence-electron chi connectivity index (χ2n) is 13.0. The summed E-state index contributed by atoms with van der Waals surface area (Å²) in [6.45, 7) is 31.3. The first-order valence-electron chi connectivity index (χ1n) is 16.9. The Hall–Kier alpha value is -1.56. The monoisotopic (exact) mass is 533 g/mol. The maximum Gasteiger partial charge on any atom is 0.00871 e. The molecule has 0 aliphatic heterocycles. The van der Waals surface area contributed by atoms with Crippen LogP contribution >= 0.6 is 0 Å². The van der Waals surface area contributed by atoms with Crippen molar-refractivity contribution in [3.8, 4) is 0 Å². The predicted molar refractivity (Wildman–Crippen MR) is 177 cm³/mol. The molecule has 0 fully saturated rings. The van der Waals surface area contributed by atoms with Gasteiger partial charge in [0, 0.05) is 5.92 Å². The van der Waals surface area contributed by atoms with Gasteiger partial charge in [-0.25, -0.2) is 0 Å². The van der Waals surface area contributed by atoms with Gasteiger partial charge in [-0.3, -0.25) is 0 Å². The third-order valence-electron chi connectivity index (χ3n) is 10.5. The van der Waals surface area contributed by atoms with Crippen molar-refractivity contribution >= 4 is 0 Å². The molecule has 0 amide bonds. The fourth-order valence-corrected chi connectivity index (χ4v) is 6.57. The average Bonchev–Trinajstić information content (AvgIpc) is 2.97. The van der Waals surface area contributed by atoms with E-state index in [1.165, 1.54) is 38.5 Å². The lowest BCUT2D eigenvalue weighted by Gasteiger charge is -2.31. The molecule has 0 aliphatic rings. The largest absolute Gasteiger partial charge is 0.0648 e. The van der Waals surface area contributed by atoms with Gasteiger partial charge in [-0.05, 0) is 125 Å². The van der Waals surface area contributed by atoms with E-state index in [0.29, 0.717) is 41.4 Å². The molecule has 2 aromatic carbocycles. The zero-order valence-electron chi connectivity index (χ0n) is 28.3. The van der Waals surface area contributed by atoms with E-state index in [-0.39, 0.29) is 0 Å². The third-order valence-corrected chi connectivity index (χ3v) is 10.5. The zero-order chi connectivity index (χ0) is 29.4. The van der Waals surface area contributed by atoms with Crippen LogP contribution in [-0.2, 0) is 0 Å². The summed E-state index contributed by atoms with van der Waals surface area (Å²) in [6.07, 6.45) is 8.35. The highest BCUT2D eigenvalue weighted by molar-refractivity contribution is 5.51. The molecule has 6 atom stereocenters. The van der Waals surface area contributed by atoms with E-state index in [4.69, 9.17) is 0 Å². The van der Waals surface area contributed by atoms with Crippen LogP contribution < -0.4 is 0 Å². The molecule has 0 nitrogen and oxygen atoms in total. The Labute approximate surface area is 244 Å². The van der Waals surface area contributed by atoms with Crippen molar-refractivity contribution in [1.29, 1.82) is 0 Å². The Kier molecular flexibility index (Phi) is 13.3. The Bertz CT molecular complexity index is 883. The fraction of sp³-hybridized carbons (Fsp3) is 0.692. The van der Waals surface area contributed by atoms with Crippen LogP contribution in [-0.4, -0.2) is 0 Å². The quantitative estimate of drug-likeness (QED) is 0.214. The van der Waals surface area contributed by atoms with Crippen LogP contribution in [0.15, 0.2) is 24.3 Å². The summed E-state index contributed by atoms with van der Waals surface area (Å²) in [6, 6.07) is 10.6. The van der Waals surface area contributed by atoms with Crippen LogP contribution in [0.5, 0.6) is 0 Å². The molecule has 220 valence electrons. The maximum atomic E-state index is 2.64. The van der Waals surface area contributed by atoms with Gasteiger partial charge in [0.1, 0.15) is 0 Å². The summed E-state index contributed by atoms with van der Waals surface area (Å²) in [4.78, 5) is 0. The minimum atomic E-state index is 0.443. The number of rotatable bonds is 15. The van der Waals surface area contributed by atoms with Crippen molar-refractivity contribution in [2.45, 2.75) is 176 Å². The molecule has 0 radical (unpaired) electrons. The van der Waals surface area contributed by atoms with Crippen molar-refractivity contribution in [2.75, 3.05) is 0 Å². The topological polar surface area (TPSA) is 0 Å². The summed E-state index contributed by atoms with van der Waals surface area (Å²) in [5, 5.41) is 0. The zero-order valence-corrected chi connectivity index (χ0v) is 28.3. The van der Waals surface area contributed by atoms with Gasteiger partial charge in [0.25, 0.3) is 0 Å². The van der Waals surface area contributed by atoms with Crippen molar-refractivity contribution in [1.82, 2.24) is 0 Å². The fourth-order valence-electron chi connectivity index (χ4n) is 6.57. The van der Waals surface area contributed by atoms with Crippen LogP contribution in [0.4, 0.5) is 0 Å². The highest BCUT2D eigenvalue weighted by atomic mass is 14.3. The minimum absolute atomic E-state index is 0.443.